The molecule has 0 bridgehead atoms. The van der Waals surface area contributed by atoms with Crippen LogP contribution in [-0.2, 0) is 6.61 Å². The van der Waals surface area contributed by atoms with Gasteiger partial charge >= 0.3 is 6.09 Å². The topological polar surface area (TPSA) is 69.6 Å². The molecule has 0 fully saturated rings. The van der Waals surface area contributed by atoms with Crippen molar-refractivity contribution in [1.29, 1.82) is 0 Å². The van der Waals surface area contributed by atoms with Gasteiger partial charge in [-0.15, -0.1) is 0 Å². The van der Waals surface area contributed by atoms with E-state index < -0.39 is 6.09 Å². The molecule has 0 saturated heterocycles. The highest BCUT2D eigenvalue weighted by Crippen LogP contribution is 2.13. The molecule has 0 aliphatic rings. The molecule has 0 saturated carbocycles. The first-order chi connectivity index (χ1) is 6.63. The predicted octanol–water partition coefficient (Wildman–Crippen LogP) is 1.51. The maximum absolute atomic E-state index is 10.4. The molecule has 1 aromatic rings. The first-order valence-electron chi connectivity index (χ1n) is 4.32. The van der Waals surface area contributed by atoms with Gasteiger partial charge in [0.15, 0.2) is 0 Å². The van der Waals surface area contributed by atoms with Gasteiger partial charge in [0, 0.05) is 0 Å². The van der Waals surface area contributed by atoms with Crippen LogP contribution in [0.5, 0.6) is 0 Å². The Morgan fingerprint density at radius 1 is 1.57 bits per heavy atom. The molecule has 0 aliphatic carbocycles. The Hall–Kier alpha value is -1.55. The summed E-state index contributed by atoms with van der Waals surface area (Å²) in [7, 11) is 0. The summed E-state index contributed by atoms with van der Waals surface area (Å²) in [6.07, 6.45) is -1.05. The van der Waals surface area contributed by atoms with Crippen molar-refractivity contribution in [3.05, 3.63) is 35.4 Å². The van der Waals surface area contributed by atoms with E-state index in [-0.39, 0.29) is 12.6 Å². The van der Waals surface area contributed by atoms with E-state index in [2.05, 4.69) is 5.32 Å². The van der Waals surface area contributed by atoms with Crippen LogP contribution in [0.25, 0.3) is 0 Å². The van der Waals surface area contributed by atoms with Crippen LogP contribution >= 0.6 is 0 Å². The second kappa shape index (κ2) is 4.62. The summed E-state index contributed by atoms with van der Waals surface area (Å²) in [6.45, 7) is 1.72. The fourth-order valence-electron chi connectivity index (χ4n) is 1.23. The van der Waals surface area contributed by atoms with E-state index in [1.165, 1.54) is 0 Å². The summed E-state index contributed by atoms with van der Waals surface area (Å²) in [5.41, 5.74) is 1.63. The fourth-order valence-corrected chi connectivity index (χ4v) is 1.23. The third-order valence-electron chi connectivity index (χ3n) is 1.97. The van der Waals surface area contributed by atoms with Crippen molar-refractivity contribution in [2.45, 2.75) is 19.6 Å². The quantitative estimate of drug-likeness (QED) is 0.684. The Kier molecular flexibility index (Phi) is 3.48. The highest BCUT2D eigenvalue weighted by atomic mass is 16.4. The van der Waals surface area contributed by atoms with Crippen molar-refractivity contribution in [1.82, 2.24) is 5.32 Å². The number of carboxylic acid groups (broad SMARTS) is 1. The molecule has 0 aromatic heterocycles. The molecular formula is C10H13NO3. The number of nitrogens with one attached hydrogen (secondary N) is 1. The van der Waals surface area contributed by atoms with Crippen molar-refractivity contribution in [2.24, 2.45) is 0 Å². The van der Waals surface area contributed by atoms with Gasteiger partial charge in [-0.05, 0) is 18.1 Å². The molecule has 0 aliphatic heterocycles. The number of benzene rings is 1. The first kappa shape index (κ1) is 10.5. The largest absolute Gasteiger partial charge is 0.465 e. The second-order valence-corrected chi connectivity index (χ2v) is 3.07. The van der Waals surface area contributed by atoms with E-state index in [1.54, 1.807) is 25.1 Å². The maximum Gasteiger partial charge on any atom is 0.405 e. The van der Waals surface area contributed by atoms with Crippen LogP contribution < -0.4 is 5.32 Å². The third-order valence-corrected chi connectivity index (χ3v) is 1.97. The Labute approximate surface area is 82.2 Å². The number of aliphatic hydroxyl groups is 1. The average molecular weight is 195 g/mol. The normalized spacial score (nSPS) is 12.1. The van der Waals surface area contributed by atoms with Crippen LogP contribution in [0, 0.1) is 0 Å². The lowest BCUT2D eigenvalue weighted by Crippen LogP contribution is -2.24. The summed E-state index contributed by atoms with van der Waals surface area (Å²) in [4.78, 5) is 10.4. The molecule has 4 nitrogen and oxygen atoms in total. The van der Waals surface area contributed by atoms with Crippen LogP contribution in [0.15, 0.2) is 24.3 Å². The van der Waals surface area contributed by atoms with Gasteiger partial charge in [0.1, 0.15) is 0 Å². The summed E-state index contributed by atoms with van der Waals surface area (Å²) >= 11 is 0. The van der Waals surface area contributed by atoms with Gasteiger partial charge in [-0.2, -0.15) is 0 Å². The molecule has 1 rings (SSSR count). The molecule has 0 radical (unpaired) electrons. The van der Waals surface area contributed by atoms with E-state index in [0.717, 1.165) is 11.1 Å². The van der Waals surface area contributed by atoms with E-state index in [1.807, 2.05) is 6.07 Å². The van der Waals surface area contributed by atoms with Gasteiger partial charge in [-0.25, -0.2) is 4.79 Å². The van der Waals surface area contributed by atoms with Crippen LogP contribution in [0.3, 0.4) is 0 Å². The molecule has 76 valence electrons. The molecular weight excluding hydrogens is 182 g/mol. The summed E-state index contributed by atoms with van der Waals surface area (Å²) in [5.74, 6) is 0. The minimum absolute atomic E-state index is 0.0341. The standard InChI is InChI=1S/C10H13NO3/c1-7(11-10(13)14)9-4-2-3-8(5-9)6-12/h2-5,7,11-12H,6H2,1H3,(H,13,14). The lowest BCUT2D eigenvalue weighted by molar-refractivity contribution is 0.191. The fraction of sp³-hybridized carbons (Fsp3) is 0.300. The number of hydrogen-bond acceptors (Lipinski definition) is 2. The monoisotopic (exact) mass is 195 g/mol. The third kappa shape index (κ3) is 2.74. The molecule has 1 unspecified atom stereocenters. The van der Waals surface area contributed by atoms with Crippen molar-refractivity contribution < 1.29 is 15.0 Å². The number of rotatable bonds is 3. The van der Waals surface area contributed by atoms with E-state index in [9.17, 15) is 4.79 Å². The average Bonchev–Trinajstić information content (AvgIpc) is 2.17. The van der Waals surface area contributed by atoms with E-state index in [0.29, 0.717) is 0 Å². The van der Waals surface area contributed by atoms with Crippen molar-refractivity contribution in [3.63, 3.8) is 0 Å². The van der Waals surface area contributed by atoms with E-state index in [4.69, 9.17) is 10.2 Å². The van der Waals surface area contributed by atoms with Gasteiger partial charge < -0.3 is 15.5 Å². The van der Waals surface area contributed by atoms with Gasteiger partial charge in [0.2, 0.25) is 0 Å². The molecule has 4 heteroatoms. The summed E-state index contributed by atoms with van der Waals surface area (Å²) in [5, 5.41) is 19.7. The molecule has 0 heterocycles. The summed E-state index contributed by atoms with van der Waals surface area (Å²) < 4.78 is 0. The summed E-state index contributed by atoms with van der Waals surface area (Å²) in [6, 6.07) is 6.91. The molecule has 1 aromatic carbocycles. The zero-order valence-corrected chi connectivity index (χ0v) is 7.90. The highest BCUT2D eigenvalue weighted by Gasteiger charge is 2.07. The Balaban J connectivity index is 2.78. The first-order valence-corrected chi connectivity index (χ1v) is 4.32. The van der Waals surface area contributed by atoms with Crippen LogP contribution in [0.4, 0.5) is 4.79 Å². The Bertz CT molecular complexity index is 325. The predicted molar refractivity (Wildman–Crippen MR) is 51.9 cm³/mol. The van der Waals surface area contributed by atoms with Crippen LogP contribution in [0.2, 0.25) is 0 Å². The lowest BCUT2D eigenvalue weighted by Gasteiger charge is -2.12. The lowest BCUT2D eigenvalue weighted by atomic mass is 10.1. The van der Waals surface area contributed by atoms with Crippen molar-refractivity contribution in [2.75, 3.05) is 0 Å². The molecule has 14 heavy (non-hydrogen) atoms. The highest BCUT2D eigenvalue weighted by molar-refractivity contribution is 5.65. The zero-order valence-electron chi connectivity index (χ0n) is 7.90. The van der Waals surface area contributed by atoms with Crippen molar-refractivity contribution in [3.8, 4) is 0 Å². The molecule has 0 spiro atoms. The number of carbonyl (C=O) groups is 1. The number of hydrogen-bond donors (Lipinski definition) is 3. The molecule has 1 atom stereocenters. The molecule has 1 amide bonds. The van der Waals surface area contributed by atoms with Gasteiger partial charge in [0.25, 0.3) is 0 Å². The van der Waals surface area contributed by atoms with Crippen molar-refractivity contribution >= 4 is 6.09 Å². The Morgan fingerprint density at radius 2 is 2.29 bits per heavy atom. The van der Waals surface area contributed by atoms with Gasteiger partial charge in [-0.3, -0.25) is 0 Å². The second-order valence-electron chi connectivity index (χ2n) is 3.07. The smallest absolute Gasteiger partial charge is 0.405 e. The van der Waals surface area contributed by atoms with Crippen LogP contribution in [-0.4, -0.2) is 16.3 Å². The zero-order chi connectivity index (χ0) is 10.6. The Morgan fingerprint density at radius 3 is 2.86 bits per heavy atom. The number of aliphatic hydroxyl groups excluding tert-OH is 1. The van der Waals surface area contributed by atoms with Gasteiger partial charge in [0.05, 0.1) is 12.6 Å². The van der Waals surface area contributed by atoms with Crippen LogP contribution in [0.1, 0.15) is 24.1 Å². The molecule has 3 N–H and O–H groups in total. The minimum atomic E-state index is -1.05. The van der Waals surface area contributed by atoms with Gasteiger partial charge in [-0.1, -0.05) is 24.3 Å². The SMILES string of the molecule is CC(NC(=O)O)c1cccc(CO)c1. The van der Waals surface area contributed by atoms with E-state index >= 15 is 0 Å². The minimum Gasteiger partial charge on any atom is -0.465 e. The number of amides is 1. The maximum atomic E-state index is 10.4.